The van der Waals surface area contributed by atoms with Crippen LogP contribution in [0.25, 0.3) is 5.69 Å². The van der Waals surface area contributed by atoms with Crippen molar-refractivity contribution in [2.24, 2.45) is 5.41 Å². The molecule has 2 aromatic rings. The molecule has 0 aliphatic carbocycles. The number of aromatic nitrogens is 4. The second-order valence-electron chi connectivity index (χ2n) is 7.52. The molecule has 2 aliphatic rings. The van der Waals surface area contributed by atoms with Gasteiger partial charge < -0.3 is 15.0 Å². The molecule has 8 nitrogen and oxygen atoms in total. The highest BCUT2D eigenvalue weighted by atomic mass is 16.5. The molecule has 1 aromatic carbocycles. The minimum absolute atomic E-state index is 0.0746. The van der Waals surface area contributed by atoms with Crippen LogP contribution in [0.5, 0.6) is 5.75 Å². The number of ether oxygens (including phenoxy) is 1. The Morgan fingerprint density at radius 1 is 1.11 bits per heavy atom. The minimum Gasteiger partial charge on any atom is -0.484 e. The Kier molecular flexibility index (Phi) is 5.33. The molecule has 2 fully saturated rings. The van der Waals surface area contributed by atoms with Crippen LogP contribution in [0, 0.1) is 5.41 Å². The standard InChI is InChI=1S/C19H26N6O2/c26-18(24-12-1-6-19(9-13-24)7-10-20-11-8-19)14-27-17-4-2-16(3-5-17)25-15-21-22-23-25/h2-5,15,20H,1,6-14H2. The summed E-state index contributed by atoms with van der Waals surface area (Å²) in [5.74, 6) is 0.746. The van der Waals surface area contributed by atoms with Gasteiger partial charge in [0.15, 0.2) is 6.61 Å². The van der Waals surface area contributed by atoms with Crippen LogP contribution in [0.1, 0.15) is 32.1 Å². The Morgan fingerprint density at radius 2 is 1.93 bits per heavy atom. The van der Waals surface area contributed by atoms with E-state index in [0.29, 0.717) is 11.2 Å². The zero-order valence-electron chi connectivity index (χ0n) is 15.5. The zero-order chi connectivity index (χ0) is 18.5. The molecular weight excluding hydrogens is 344 g/mol. The third-order valence-electron chi connectivity index (χ3n) is 5.88. The molecule has 0 bridgehead atoms. The van der Waals surface area contributed by atoms with Gasteiger partial charge >= 0.3 is 0 Å². The molecule has 8 heteroatoms. The average molecular weight is 370 g/mol. The van der Waals surface area contributed by atoms with Gasteiger partial charge in [-0.1, -0.05) is 0 Å². The Morgan fingerprint density at radius 3 is 2.67 bits per heavy atom. The zero-order valence-corrected chi connectivity index (χ0v) is 15.5. The molecule has 1 spiro atoms. The molecule has 1 amide bonds. The van der Waals surface area contributed by atoms with Crippen LogP contribution in [-0.4, -0.2) is 63.8 Å². The molecule has 0 unspecified atom stereocenters. The molecule has 1 aromatic heterocycles. The first-order chi connectivity index (χ1) is 13.2. The van der Waals surface area contributed by atoms with Crippen LogP contribution in [0.3, 0.4) is 0 Å². The van der Waals surface area contributed by atoms with Crippen LogP contribution in [-0.2, 0) is 4.79 Å². The first-order valence-electron chi connectivity index (χ1n) is 9.69. The number of benzene rings is 1. The molecule has 1 N–H and O–H groups in total. The van der Waals surface area contributed by atoms with Gasteiger partial charge in [0.1, 0.15) is 12.1 Å². The number of nitrogens with zero attached hydrogens (tertiary/aromatic N) is 5. The number of hydrogen-bond donors (Lipinski definition) is 1. The number of nitrogens with one attached hydrogen (secondary N) is 1. The van der Waals surface area contributed by atoms with Gasteiger partial charge in [-0.25, -0.2) is 4.68 Å². The Bertz CT molecular complexity index is 740. The number of amides is 1. The summed E-state index contributed by atoms with van der Waals surface area (Å²) in [5.41, 5.74) is 1.28. The van der Waals surface area contributed by atoms with E-state index in [2.05, 4.69) is 20.8 Å². The van der Waals surface area contributed by atoms with Gasteiger partial charge in [0.25, 0.3) is 5.91 Å². The first kappa shape index (κ1) is 17.9. The number of tetrazole rings is 1. The van der Waals surface area contributed by atoms with Gasteiger partial charge in [-0.2, -0.15) is 0 Å². The maximum absolute atomic E-state index is 12.6. The predicted molar refractivity (Wildman–Crippen MR) is 99.6 cm³/mol. The van der Waals surface area contributed by atoms with Crippen molar-refractivity contribution in [1.29, 1.82) is 0 Å². The van der Waals surface area contributed by atoms with Gasteiger partial charge in [0, 0.05) is 13.1 Å². The molecule has 144 valence electrons. The van der Waals surface area contributed by atoms with Gasteiger partial charge in [-0.3, -0.25) is 4.79 Å². The Hall–Kier alpha value is -2.48. The van der Waals surface area contributed by atoms with Crippen LogP contribution in [0.4, 0.5) is 0 Å². The number of rotatable bonds is 4. The fraction of sp³-hybridized carbons (Fsp3) is 0.579. The van der Waals surface area contributed by atoms with E-state index in [1.54, 1.807) is 4.68 Å². The smallest absolute Gasteiger partial charge is 0.260 e. The number of hydrogen-bond acceptors (Lipinski definition) is 6. The fourth-order valence-corrected chi connectivity index (χ4v) is 4.17. The van der Waals surface area contributed by atoms with E-state index >= 15 is 0 Å². The number of piperidine rings is 1. The largest absolute Gasteiger partial charge is 0.484 e. The lowest BCUT2D eigenvalue weighted by molar-refractivity contribution is -0.133. The molecule has 2 aliphatic heterocycles. The highest BCUT2D eigenvalue weighted by Crippen LogP contribution is 2.39. The summed E-state index contributed by atoms with van der Waals surface area (Å²) in [5, 5.41) is 14.5. The summed E-state index contributed by atoms with van der Waals surface area (Å²) in [6.45, 7) is 3.99. The lowest BCUT2D eigenvalue weighted by Gasteiger charge is -2.37. The topological polar surface area (TPSA) is 85.2 Å². The number of carbonyl (C=O) groups is 1. The van der Waals surface area contributed by atoms with E-state index < -0.39 is 0 Å². The molecule has 0 radical (unpaired) electrons. The summed E-state index contributed by atoms with van der Waals surface area (Å²) in [4.78, 5) is 14.6. The summed E-state index contributed by atoms with van der Waals surface area (Å²) in [6.07, 6.45) is 7.44. The van der Waals surface area contributed by atoms with Gasteiger partial charge in [0.05, 0.1) is 5.69 Å². The molecule has 3 heterocycles. The van der Waals surface area contributed by atoms with Crippen molar-refractivity contribution in [3.63, 3.8) is 0 Å². The van der Waals surface area contributed by atoms with Crippen LogP contribution < -0.4 is 10.1 Å². The van der Waals surface area contributed by atoms with Crippen molar-refractivity contribution < 1.29 is 9.53 Å². The van der Waals surface area contributed by atoms with E-state index in [1.165, 1.54) is 25.6 Å². The fourth-order valence-electron chi connectivity index (χ4n) is 4.17. The highest BCUT2D eigenvalue weighted by molar-refractivity contribution is 5.77. The van der Waals surface area contributed by atoms with Gasteiger partial charge in [0.2, 0.25) is 0 Å². The average Bonchev–Trinajstić information content (AvgIpc) is 3.17. The minimum atomic E-state index is 0.0746. The third kappa shape index (κ3) is 4.27. The summed E-state index contributed by atoms with van der Waals surface area (Å²) in [6, 6.07) is 7.39. The molecule has 4 rings (SSSR count). The summed E-state index contributed by atoms with van der Waals surface area (Å²) >= 11 is 0. The second-order valence-corrected chi connectivity index (χ2v) is 7.52. The third-order valence-corrected chi connectivity index (χ3v) is 5.88. The first-order valence-corrected chi connectivity index (χ1v) is 9.69. The predicted octanol–water partition coefficient (Wildman–Crippen LogP) is 1.42. The van der Waals surface area contributed by atoms with E-state index in [4.69, 9.17) is 4.74 Å². The van der Waals surface area contributed by atoms with Crippen LogP contribution >= 0.6 is 0 Å². The van der Waals surface area contributed by atoms with E-state index in [1.807, 2.05) is 29.2 Å². The second kappa shape index (κ2) is 8.04. The maximum Gasteiger partial charge on any atom is 0.260 e. The van der Waals surface area contributed by atoms with Crippen molar-refractivity contribution >= 4 is 5.91 Å². The Balaban J connectivity index is 1.29. The van der Waals surface area contributed by atoms with Crippen LogP contribution in [0.15, 0.2) is 30.6 Å². The molecular formula is C19H26N6O2. The quantitative estimate of drug-likeness (QED) is 0.876. The van der Waals surface area contributed by atoms with Crippen molar-refractivity contribution in [2.45, 2.75) is 32.1 Å². The summed E-state index contributed by atoms with van der Waals surface area (Å²) in [7, 11) is 0. The van der Waals surface area contributed by atoms with Crippen molar-refractivity contribution in [2.75, 3.05) is 32.8 Å². The van der Waals surface area contributed by atoms with E-state index in [9.17, 15) is 4.79 Å². The lowest BCUT2D eigenvalue weighted by Crippen LogP contribution is -2.39. The maximum atomic E-state index is 12.6. The molecule has 27 heavy (non-hydrogen) atoms. The number of likely N-dealkylation sites (tertiary alicyclic amines) is 1. The molecule has 0 saturated carbocycles. The van der Waals surface area contributed by atoms with E-state index in [0.717, 1.165) is 44.7 Å². The lowest BCUT2D eigenvalue weighted by atomic mass is 9.73. The van der Waals surface area contributed by atoms with Crippen molar-refractivity contribution in [3.8, 4) is 11.4 Å². The van der Waals surface area contributed by atoms with Gasteiger partial charge in [-0.15, -0.1) is 5.10 Å². The number of carbonyl (C=O) groups excluding carboxylic acids is 1. The van der Waals surface area contributed by atoms with Crippen LogP contribution in [0.2, 0.25) is 0 Å². The van der Waals surface area contributed by atoms with Gasteiger partial charge in [-0.05, 0) is 85.3 Å². The Labute approximate surface area is 158 Å². The monoisotopic (exact) mass is 370 g/mol. The normalized spacial score (nSPS) is 19.6. The molecule has 2 saturated heterocycles. The SMILES string of the molecule is O=C(COc1ccc(-n2cnnn2)cc1)N1CCCC2(CCNCC2)CC1. The molecule has 0 atom stereocenters. The van der Waals surface area contributed by atoms with E-state index in [-0.39, 0.29) is 12.5 Å². The van der Waals surface area contributed by atoms with Crippen molar-refractivity contribution in [1.82, 2.24) is 30.4 Å². The summed E-state index contributed by atoms with van der Waals surface area (Å²) < 4.78 is 7.28. The highest BCUT2D eigenvalue weighted by Gasteiger charge is 2.34. The van der Waals surface area contributed by atoms with Crippen molar-refractivity contribution in [3.05, 3.63) is 30.6 Å².